The first kappa shape index (κ1) is 38.5. The summed E-state index contributed by atoms with van der Waals surface area (Å²) >= 11 is 0. The number of para-hydroxylation sites is 1. The van der Waals surface area contributed by atoms with Crippen LogP contribution in [0.1, 0.15) is 56.5 Å². The number of anilines is 2. The first-order valence-corrected chi connectivity index (χ1v) is 18.8. The fourth-order valence-electron chi connectivity index (χ4n) is 8.92. The fraction of sp³-hybridized carbons (Fsp3) is 0.537. The van der Waals surface area contributed by atoms with Crippen LogP contribution in [0.2, 0.25) is 0 Å². The number of hydrogen-bond acceptors (Lipinski definition) is 10. The van der Waals surface area contributed by atoms with E-state index in [1.165, 1.54) is 6.42 Å². The lowest BCUT2D eigenvalue weighted by Crippen LogP contribution is -2.62. The van der Waals surface area contributed by atoms with E-state index in [0.717, 1.165) is 34.6 Å². The van der Waals surface area contributed by atoms with Crippen molar-refractivity contribution < 1.29 is 29.4 Å². The number of benzene rings is 2. The number of aromatic nitrogens is 1. The van der Waals surface area contributed by atoms with Crippen LogP contribution in [0, 0.1) is 29.1 Å². The van der Waals surface area contributed by atoms with Crippen LogP contribution in [0.25, 0.3) is 11.1 Å². The number of aliphatic hydroxyl groups excluding tert-OH is 2. The Morgan fingerprint density at radius 2 is 1.91 bits per heavy atom. The molecule has 1 aromatic heterocycles. The standard InChI is InChI=1S/C41H56N6O6/c1-24-32-20-29(41(32,3)4)21-33(24)45-40(51)37-36(25(2)49)34(23-48)53-47(37)22-26-11-10-12-31(38(26)52-7)27-17-28(19-30(18-27)46(5)6)39(50)44-16-15-43-35-13-8-9-14-42-35/h8-14,17-19,24-25,29,32-34,36-37,48-49H,15-16,20-23H2,1-7H3,(H,42,43)(H,44,50)(H,45,51)/t24-,25-,29-,32+,33-,34-,36+,37-/m0/s1. The van der Waals surface area contributed by atoms with Gasteiger partial charge in [0.15, 0.2) is 0 Å². The molecule has 12 nitrogen and oxygen atoms in total. The highest BCUT2D eigenvalue weighted by Gasteiger charge is 2.57. The Morgan fingerprint density at radius 3 is 2.55 bits per heavy atom. The van der Waals surface area contributed by atoms with Crippen LogP contribution in [-0.2, 0) is 16.2 Å². The maximum Gasteiger partial charge on any atom is 0.251 e. The highest BCUT2D eigenvalue weighted by atomic mass is 16.7. The zero-order valence-corrected chi connectivity index (χ0v) is 32.0. The van der Waals surface area contributed by atoms with Gasteiger partial charge in [-0.3, -0.25) is 14.4 Å². The van der Waals surface area contributed by atoms with Gasteiger partial charge >= 0.3 is 0 Å². The monoisotopic (exact) mass is 728 g/mol. The van der Waals surface area contributed by atoms with Crippen molar-refractivity contribution in [2.24, 2.45) is 29.1 Å². The molecule has 0 radical (unpaired) electrons. The van der Waals surface area contributed by atoms with Crippen LogP contribution in [0.3, 0.4) is 0 Å². The fourth-order valence-corrected chi connectivity index (χ4v) is 8.92. The largest absolute Gasteiger partial charge is 0.496 e. The lowest BCUT2D eigenvalue weighted by Gasteiger charge is -2.62. The molecule has 286 valence electrons. The third-order valence-electron chi connectivity index (χ3n) is 12.1. The second-order valence-corrected chi connectivity index (χ2v) is 15.8. The van der Waals surface area contributed by atoms with Crippen LogP contribution >= 0.6 is 0 Å². The molecule has 1 saturated heterocycles. The van der Waals surface area contributed by atoms with E-state index in [1.54, 1.807) is 25.3 Å². The Morgan fingerprint density at radius 1 is 1.11 bits per heavy atom. The predicted molar refractivity (Wildman–Crippen MR) is 205 cm³/mol. The number of carbonyl (C=O) groups excluding carboxylic acids is 2. The van der Waals surface area contributed by atoms with Gasteiger partial charge in [-0.05, 0) is 78.8 Å². The van der Waals surface area contributed by atoms with Crippen LogP contribution in [0.15, 0.2) is 60.8 Å². The van der Waals surface area contributed by atoms with Crippen LogP contribution in [-0.4, -0.2) is 97.3 Å². The Bertz CT molecular complexity index is 1750. The normalized spacial score (nSPS) is 26.6. The van der Waals surface area contributed by atoms with Crippen molar-refractivity contribution in [1.29, 1.82) is 0 Å². The maximum atomic E-state index is 14.2. The van der Waals surface area contributed by atoms with E-state index in [-0.39, 0.29) is 36.4 Å². The number of carbonyl (C=O) groups is 2. The van der Waals surface area contributed by atoms with Crippen molar-refractivity contribution in [2.75, 3.05) is 51.1 Å². The Kier molecular flexibility index (Phi) is 11.6. The summed E-state index contributed by atoms with van der Waals surface area (Å²) in [5.74, 6) is 1.71. The molecule has 2 amide bonds. The van der Waals surface area contributed by atoms with Crippen molar-refractivity contribution >= 4 is 23.3 Å². The summed E-state index contributed by atoms with van der Waals surface area (Å²) in [7, 11) is 5.45. The molecule has 0 unspecified atom stereocenters. The lowest BCUT2D eigenvalue weighted by molar-refractivity contribution is -0.183. The molecule has 4 fully saturated rings. The first-order chi connectivity index (χ1) is 25.3. The van der Waals surface area contributed by atoms with Gasteiger partial charge in [-0.2, -0.15) is 5.06 Å². The highest BCUT2D eigenvalue weighted by molar-refractivity contribution is 5.97. The Labute approximate surface area is 313 Å². The van der Waals surface area contributed by atoms with Gasteiger partial charge in [-0.15, -0.1) is 0 Å². The zero-order valence-electron chi connectivity index (χ0n) is 32.0. The number of methoxy groups -OCH3 is 1. The predicted octanol–water partition coefficient (Wildman–Crippen LogP) is 4.33. The molecule has 3 aliphatic carbocycles. The topological polar surface area (TPSA) is 149 Å². The number of nitrogens with zero attached hydrogens (tertiary/aromatic N) is 3. The van der Waals surface area contributed by atoms with Gasteiger partial charge < -0.3 is 35.8 Å². The molecular formula is C41H56N6O6. The molecule has 53 heavy (non-hydrogen) atoms. The number of aliphatic hydroxyl groups is 2. The number of ether oxygens (including phenoxy) is 1. The summed E-state index contributed by atoms with van der Waals surface area (Å²) in [6, 6.07) is 16.3. The summed E-state index contributed by atoms with van der Waals surface area (Å²) in [6.45, 7) is 9.29. The lowest BCUT2D eigenvalue weighted by atomic mass is 9.45. The van der Waals surface area contributed by atoms with Crippen LogP contribution < -0.4 is 25.6 Å². The molecule has 4 aliphatic rings. The summed E-state index contributed by atoms with van der Waals surface area (Å²) in [5, 5.41) is 32.4. The number of rotatable bonds is 14. The van der Waals surface area contributed by atoms with E-state index in [2.05, 4.69) is 41.7 Å². The summed E-state index contributed by atoms with van der Waals surface area (Å²) in [4.78, 5) is 40.1. The van der Waals surface area contributed by atoms with E-state index in [1.807, 2.05) is 73.6 Å². The quantitative estimate of drug-likeness (QED) is 0.152. The molecular weight excluding hydrogens is 672 g/mol. The van der Waals surface area contributed by atoms with Gasteiger partial charge in [0.2, 0.25) is 5.91 Å². The van der Waals surface area contributed by atoms with E-state index in [4.69, 9.17) is 9.57 Å². The van der Waals surface area contributed by atoms with Crippen LogP contribution in [0.4, 0.5) is 11.5 Å². The number of hydroxylamine groups is 2. The van der Waals surface area contributed by atoms with E-state index >= 15 is 0 Å². The Hall–Kier alpha value is -4.23. The third kappa shape index (κ3) is 7.87. The molecule has 7 rings (SSSR count). The highest BCUT2D eigenvalue weighted by Crippen LogP contribution is 2.61. The minimum absolute atomic E-state index is 0.0364. The number of fused-ring (bicyclic) bond motifs is 2. The van der Waals surface area contributed by atoms with Gasteiger partial charge in [0.25, 0.3) is 5.91 Å². The zero-order chi connectivity index (χ0) is 38.0. The maximum absolute atomic E-state index is 14.2. The number of amides is 2. The molecule has 0 spiro atoms. The van der Waals surface area contributed by atoms with E-state index < -0.39 is 24.2 Å². The number of hydrogen-bond donors (Lipinski definition) is 5. The van der Waals surface area contributed by atoms with Crippen LogP contribution in [0.5, 0.6) is 5.75 Å². The van der Waals surface area contributed by atoms with E-state index in [9.17, 15) is 19.8 Å². The first-order valence-electron chi connectivity index (χ1n) is 18.8. The molecule has 1 aliphatic heterocycles. The van der Waals surface area contributed by atoms with Crippen molar-refractivity contribution in [3.05, 3.63) is 71.9 Å². The van der Waals surface area contributed by atoms with Gasteiger partial charge in [-0.25, -0.2) is 4.98 Å². The Balaban J connectivity index is 1.24. The van der Waals surface area contributed by atoms with Crippen molar-refractivity contribution in [3.63, 3.8) is 0 Å². The van der Waals surface area contributed by atoms with Gasteiger partial charge in [-0.1, -0.05) is 45.0 Å². The molecule has 2 aromatic carbocycles. The van der Waals surface area contributed by atoms with Crippen molar-refractivity contribution in [2.45, 2.75) is 71.4 Å². The SMILES string of the molecule is COc1c(CN2O[C@@H](CO)[C@@H]([C@H](C)O)[C@H]2C(=O)N[C@H]2C[C@@H]3C[C@H]([C@@H]2C)C3(C)C)cccc1-c1cc(C(=O)NCCNc2ccccn2)cc(N(C)C)c1. The minimum Gasteiger partial charge on any atom is -0.496 e. The van der Waals surface area contributed by atoms with E-state index in [0.29, 0.717) is 42.2 Å². The summed E-state index contributed by atoms with van der Waals surface area (Å²) < 4.78 is 6.05. The molecule has 2 bridgehead atoms. The van der Waals surface area contributed by atoms with Gasteiger partial charge in [0, 0.05) is 67.7 Å². The molecule has 2 heterocycles. The van der Waals surface area contributed by atoms with Gasteiger partial charge in [0.1, 0.15) is 23.7 Å². The molecule has 3 aromatic rings. The molecule has 5 N–H and O–H groups in total. The smallest absolute Gasteiger partial charge is 0.251 e. The number of nitrogens with one attached hydrogen (secondary N) is 3. The second kappa shape index (κ2) is 16.0. The molecule has 12 heteroatoms. The van der Waals surface area contributed by atoms with Crippen molar-refractivity contribution in [3.8, 4) is 16.9 Å². The summed E-state index contributed by atoms with van der Waals surface area (Å²) in [5.41, 5.74) is 3.93. The third-order valence-corrected chi connectivity index (χ3v) is 12.1. The average Bonchev–Trinajstić information content (AvgIpc) is 3.52. The average molecular weight is 729 g/mol. The minimum atomic E-state index is -0.902. The van der Waals surface area contributed by atoms with Crippen molar-refractivity contribution in [1.82, 2.24) is 20.7 Å². The molecule has 3 saturated carbocycles. The summed E-state index contributed by atoms with van der Waals surface area (Å²) in [6.07, 6.45) is 2.18. The van der Waals surface area contributed by atoms with Gasteiger partial charge in [0.05, 0.1) is 26.4 Å². The number of pyridine rings is 1. The second-order valence-electron chi connectivity index (χ2n) is 15.8. The molecule has 8 atom stereocenters.